The number of methoxy groups -OCH3 is 4. The van der Waals surface area contributed by atoms with Gasteiger partial charge in [-0.05, 0) is 76.2 Å². The molecule has 23 nitrogen and oxygen atoms in total. The molecule has 2 atom stereocenters. The SMILES string of the molecule is CCNC(=O)c1cccc(-c2nnc(CS(=O)(=O)[C@@H](C)Cc3ncc(F)cn3)n2-c2c(OC)cccc2OC)n1.CCNC(=O)c1cccc(-c2nnc(CS(=O)(=O)[C@H](C)Cc3ncc(F)cn3)n2-c2c(OC)cccc2OC)c1. The van der Waals surface area contributed by atoms with Crippen LogP contribution < -0.4 is 29.6 Å². The summed E-state index contributed by atoms with van der Waals surface area (Å²) >= 11 is 0. The van der Waals surface area contributed by atoms with E-state index in [1.165, 1.54) is 46.9 Å². The molecule has 0 aliphatic carbocycles. The Morgan fingerprint density at radius 2 is 0.975 bits per heavy atom. The highest BCUT2D eigenvalue weighted by Gasteiger charge is 2.32. The first-order valence-corrected chi connectivity index (χ1v) is 28.1. The van der Waals surface area contributed by atoms with Crippen molar-refractivity contribution in [2.75, 3.05) is 41.5 Å². The Balaban J connectivity index is 0.000000231. The van der Waals surface area contributed by atoms with Gasteiger partial charge in [-0.25, -0.2) is 50.5 Å². The molecular formula is C53H57F2N13O10S2. The summed E-state index contributed by atoms with van der Waals surface area (Å²) in [6, 6.07) is 21.9. The van der Waals surface area contributed by atoms with Crippen molar-refractivity contribution in [2.24, 2.45) is 0 Å². The van der Waals surface area contributed by atoms with Crippen LogP contribution in [0.25, 0.3) is 34.3 Å². The number of amides is 2. The predicted octanol–water partition coefficient (Wildman–Crippen LogP) is 5.75. The standard InChI is InChI=1S/C27H29FN6O5S.C26H28FN7O5S/c1-5-29-27(35)19-9-6-8-18(13-19)26-33-32-24(34(26)25-21(38-3)10-7-11-22(25)39-4)16-40(36,37)17(2)12-23-30-14-20(28)15-31-23;1-5-28-26(35)19-9-6-8-18(31-19)25-33-32-23(34(25)24-20(38-3)10-7-11-21(24)39-4)15-40(36,37)16(2)12-22-29-13-17(27)14-30-22/h6-11,13-15,17H,5,12,16H2,1-4H3,(H,29,35);6-11,13-14,16H,5,12,15H2,1-4H3,(H,28,35)/t17-;16-/m10/s1. The van der Waals surface area contributed by atoms with Crippen LogP contribution in [0, 0.1) is 11.6 Å². The molecule has 8 aromatic rings. The Bertz CT molecular complexity index is 3410. The van der Waals surface area contributed by atoms with Crippen molar-refractivity contribution in [1.82, 2.24) is 65.1 Å². The van der Waals surface area contributed by atoms with Gasteiger partial charge in [0.15, 0.2) is 54.6 Å². The van der Waals surface area contributed by atoms with E-state index in [-0.39, 0.29) is 71.0 Å². The summed E-state index contributed by atoms with van der Waals surface area (Å²) < 4.78 is 106. The molecule has 8 rings (SSSR count). The van der Waals surface area contributed by atoms with Gasteiger partial charge >= 0.3 is 0 Å². The third-order valence-electron chi connectivity index (χ3n) is 12.2. The lowest BCUT2D eigenvalue weighted by Gasteiger charge is -2.18. The average Bonchev–Trinajstić information content (AvgIpc) is 4.14. The molecule has 2 amide bonds. The summed E-state index contributed by atoms with van der Waals surface area (Å²) in [4.78, 5) is 44.9. The highest BCUT2D eigenvalue weighted by Crippen LogP contribution is 2.38. The number of pyridine rings is 1. The second-order valence-electron chi connectivity index (χ2n) is 17.6. The largest absolute Gasteiger partial charge is 0.494 e. The minimum absolute atomic E-state index is 0.0177. The van der Waals surface area contributed by atoms with Crippen LogP contribution in [0.3, 0.4) is 0 Å². The van der Waals surface area contributed by atoms with E-state index in [0.29, 0.717) is 58.6 Å². The minimum Gasteiger partial charge on any atom is -0.494 e. The predicted molar refractivity (Wildman–Crippen MR) is 289 cm³/mol. The Kier molecular flexibility index (Phi) is 19.3. The van der Waals surface area contributed by atoms with Gasteiger partial charge in [0.05, 0.1) is 63.7 Å². The fourth-order valence-corrected chi connectivity index (χ4v) is 10.5. The number of para-hydroxylation sites is 2. The lowest BCUT2D eigenvalue weighted by Crippen LogP contribution is -2.25. The van der Waals surface area contributed by atoms with Gasteiger partial charge in [0, 0.05) is 37.1 Å². The maximum absolute atomic E-state index is 13.5. The van der Waals surface area contributed by atoms with Gasteiger partial charge < -0.3 is 29.6 Å². The number of ether oxygens (including phenoxy) is 4. The van der Waals surface area contributed by atoms with E-state index in [0.717, 1.165) is 24.8 Å². The van der Waals surface area contributed by atoms with Gasteiger partial charge in [-0.3, -0.25) is 18.7 Å². The van der Waals surface area contributed by atoms with Gasteiger partial charge in [-0.2, -0.15) is 0 Å². The summed E-state index contributed by atoms with van der Waals surface area (Å²) in [6.45, 7) is 7.54. The van der Waals surface area contributed by atoms with Crippen molar-refractivity contribution in [1.29, 1.82) is 0 Å². The number of benzene rings is 3. The number of carbonyl (C=O) groups excluding carboxylic acids is 2. The van der Waals surface area contributed by atoms with Gasteiger partial charge in [-0.1, -0.05) is 30.3 Å². The molecule has 420 valence electrons. The zero-order valence-electron chi connectivity index (χ0n) is 44.8. The van der Waals surface area contributed by atoms with Crippen molar-refractivity contribution in [3.05, 3.63) is 150 Å². The highest BCUT2D eigenvalue weighted by molar-refractivity contribution is 7.91. The molecule has 27 heteroatoms. The van der Waals surface area contributed by atoms with Gasteiger partial charge in [0.2, 0.25) is 0 Å². The van der Waals surface area contributed by atoms with E-state index >= 15 is 0 Å². The third kappa shape index (κ3) is 13.7. The van der Waals surface area contributed by atoms with E-state index < -0.39 is 53.3 Å². The maximum atomic E-state index is 13.5. The molecule has 2 N–H and O–H groups in total. The first-order valence-electron chi connectivity index (χ1n) is 24.7. The molecule has 5 aromatic heterocycles. The fraction of sp³-hybridized carbons (Fsp3) is 0.302. The highest BCUT2D eigenvalue weighted by atomic mass is 32.2. The molecular weight excluding hydrogens is 1080 g/mol. The summed E-state index contributed by atoms with van der Waals surface area (Å²) in [7, 11) is -1.77. The Morgan fingerprint density at radius 1 is 0.562 bits per heavy atom. The zero-order valence-corrected chi connectivity index (χ0v) is 46.4. The Hall–Kier alpha value is -8.85. The van der Waals surface area contributed by atoms with Crippen molar-refractivity contribution < 1.29 is 54.2 Å². The van der Waals surface area contributed by atoms with Crippen LogP contribution in [0.1, 0.15) is 71.8 Å². The molecule has 3 aromatic carbocycles. The molecule has 5 heterocycles. The maximum Gasteiger partial charge on any atom is 0.269 e. The second-order valence-corrected chi connectivity index (χ2v) is 22.4. The van der Waals surface area contributed by atoms with Crippen LogP contribution in [0.5, 0.6) is 23.0 Å². The fourth-order valence-electron chi connectivity index (χ4n) is 8.05. The monoisotopic (exact) mass is 1140 g/mol. The number of hydrogen-bond acceptors (Lipinski definition) is 19. The molecule has 0 aliphatic heterocycles. The molecule has 0 radical (unpaired) electrons. The Morgan fingerprint density at radius 3 is 1.43 bits per heavy atom. The smallest absolute Gasteiger partial charge is 0.269 e. The molecule has 80 heavy (non-hydrogen) atoms. The summed E-state index contributed by atoms with van der Waals surface area (Å²) in [5, 5.41) is 20.7. The van der Waals surface area contributed by atoms with Crippen molar-refractivity contribution in [3.8, 4) is 57.3 Å². The number of aromatic nitrogens is 11. The number of carbonyl (C=O) groups is 2. The second kappa shape index (κ2) is 26.2. The number of sulfone groups is 2. The first-order chi connectivity index (χ1) is 38.4. The number of nitrogens with one attached hydrogen (secondary N) is 2. The van der Waals surface area contributed by atoms with Crippen LogP contribution in [0.15, 0.2) is 104 Å². The topological polar surface area (TPSA) is 289 Å². The molecule has 0 spiro atoms. The quantitative estimate of drug-likeness (QED) is 0.0817. The molecule has 0 unspecified atom stereocenters. The van der Waals surface area contributed by atoms with Crippen LogP contribution in [0.2, 0.25) is 0 Å². The Labute approximate surface area is 460 Å². The van der Waals surface area contributed by atoms with E-state index in [1.54, 1.807) is 90.4 Å². The van der Waals surface area contributed by atoms with Gasteiger partial charge in [-0.15, -0.1) is 20.4 Å². The summed E-state index contributed by atoms with van der Waals surface area (Å²) in [5.41, 5.74) is 2.13. The minimum atomic E-state index is -3.85. The zero-order chi connectivity index (χ0) is 57.7. The van der Waals surface area contributed by atoms with E-state index in [2.05, 4.69) is 55.9 Å². The number of nitrogens with zero attached hydrogens (tertiary/aromatic N) is 11. The lowest BCUT2D eigenvalue weighted by molar-refractivity contribution is 0.0945. The molecule has 0 fully saturated rings. The average molecular weight is 1140 g/mol. The molecule has 0 saturated heterocycles. The van der Waals surface area contributed by atoms with Gasteiger partial charge in [0.1, 0.15) is 68.9 Å². The van der Waals surface area contributed by atoms with E-state index in [4.69, 9.17) is 18.9 Å². The first kappa shape index (κ1) is 58.8. The lowest BCUT2D eigenvalue weighted by atomic mass is 10.1. The van der Waals surface area contributed by atoms with Crippen molar-refractivity contribution in [2.45, 2.75) is 62.5 Å². The number of halogens is 2. The summed E-state index contributed by atoms with van der Waals surface area (Å²) in [6.07, 6.45) is 3.91. The number of hydrogen-bond donors (Lipinski definition) is 2. The van der Waals surface area contributed by atoms with E-state index in [9.17, 15) is 35.2 Å². The van der Waals surface area contributed by atoms with Crippen molar-refractivity contribution >= 4 is 31.5 Å². The molecule has 0 aliphatic rings. The van der Waals surface area contributed by atoms with Crippen LogP contribution in [0.4, 0.5) is 8.78 Å². The van der Waals surface area contributed by atoms with Crippen LogP contribution >= 0.6 is 0 Å². The van der Waals surface area contributed by atoms with Crippen LogP contribution in [-0.2, 0) is 44.0 Å². The molecule has 0 bridgehead atoms. The van der Waals surface area contributed by atoms with Crippen LogP contribution in [-0.4, -0.2) is 135 Å². The number of rotatable bonds is 22. The summed E-state index contributed by atoms with van der Waals surface area (Å²) in [5.74, 6) is -0.306. The van der Waals surface area contributed by atoms with E-state index in [1.807, 2.05) is 6.92 Å². The normalized spacial score (nSPS) is 12.1. The van der Waals surface area contributed by atoms with Gasteiger partial charge in [0.25, 0.3) is 11.8 Å². The molecule has 0 saturated carbocycles. The van der Waals surface area contributed by atoms with Crippen molar-refractivity contribution in [3.63, 3.8) is 0 Å². The third-order valence-corrected chi connectivity index (χ3v) is 16.3.